The summed E-state index contributed by atoms with van der Waals surface area (Å²) < 4.78 is 25.7. The van der Waals surface area contributed by atoms with E-state index >= 15 is 0 Å². The van der Waals surface area contributed by atoms with Gasteiger partial charge in [0.15, 0.2) is 11.6 Å². The third-order valence-corrected chi connectivity index (χ3v) is 1.97. The summed E-state index contributed by atoms with van der Waals surface area (Å²) in [6.07, 6.45) is 3.40. The standard InChI is InChI=1S/C12H13F2N/c1-3-7-15(8-4-2)10-5-6-11(13)12(14)9-10/h3-6,9H,1-2,7-8H2. The van der Waals surface area contributed by atoms with Gasteiger partial charge >= 0.3 is 0 Å². The highest BCUT2D eigenvalue weighted by Crippen LogP contribution is 2.17. The van der Waals surface area contributed by atoms with Crippen LogP contribution in [0.25, 0.3) is 0 Å². The van der Waals surface area contributed by atoms with Gasteiger partial charge in [-0.1, -0.05) is 12.2 Å². The maximum atomic E-state index is 13.0. The molecule has 0 aromatic heterocycles. The van der Waals surface area contributed by atoms with Crippen molar-refractivity contribution in [3.8, 4) is 0 Å². The molecular weight excluding hydrogens is 196 g/mol. The smallest absolute Gasteiger partial charge is 0.160 e. The van der Waals surface area contributed by atoms with Crippen molar-refractivity contribution in [2.45, 2.75) is 0 Å². The molecule has 0 atom stereocenters. The second-order valence-electron chi connectivity index (χ2n) is 3.08. The first kappa shape index (κ1) is 11.4. The molecule has 0 saturated heterocycles. The number of hydrogen-bond acceptors (Lipinski definition) is 1. The molecule has 1 rings (SSSR count). The fourth-order valence-electron chi connectivity index (χ4n) is 1.28. The summed E-state index contributed by atoms with van der Waals surface area (Å²) in [5.74, 6) is -1.68. The molecule has 0 aliphatic heterocycles. The Hall–Kier alpha value is -1.64. The molecule has 3 heteroatoms. The normalized spacial score (nSPS) is 9.73. The van der Waals surface area contributed by atoms with Crippen LogP contribution in [0.2, 0.25) is 0 Å². The Labute approximate surface area is 88.3 Å². The maximum absolute atomic E-state index is 13.0. The van der Waals surface area contributed by atoms with Crippen LogP contribution in [0.5, 0.6) is 0 Å². The lowest BCUT2D eigenvalue weighted by Gasteiger charge is -2.21. The van der Waals surface area contributed by atoms with Gasteiger partial charge < -0.3 is 4.90 Å². The lowest BCUT2D eigenvalue weighted by atomic mass is 10.2. The van der Waals surface area contributed by atoms with Gasteiger partial charge in [0.2, 0.25) is 0 Å². The van der Waals surface area contributed by atoms with E-state index in [1.807, 2.05) is 4.90 Å². The zero-order valence-electron chi connectivity index (χ0n) is 8.42. The minimum Gasteiger partial charge on any atom is -0.364 e. The highest BCUT2D eigenvalue weighted by molar-refractivity contribution is 5.47. The molecule has 1 nitrogen and oxygen atoms in total. The van der Waals surface area contributed by atoms with Crippen LogP contribution in [0.4, 0.5) is 14.5 Å². The highest BCUT2D eigenvalue weighted by atomic mass is 19.2. The molecule has 0 N–H and O–H groups in total. The SMILES string of the molecule is C=CCN(CC=C)c1ccc(F)c(F)c1. The van der Waals surface area contributed by atoms with E-state index in [0.29, 0.717) is 18.8 Å². The molecule has 0 aliphatic carbocycles. The maximum Gasteiger partial charge on any atom is 0.160 e. The summed E-state index contributed by atoms with van der Waals surface area (Å²) in [5.41, 5.74) is 0.619. The van der Waals surface area contributed by atoms with E-state index in [2.05, 4.69) is 13.2 Å². The van der Waals surface area contributed by atoms with Crippen molar-refractivity contribution in [2.75, 3.05) is 18.0 Å². The number of hydrogen-bond donors (Lipinski definition) is 0. The number of benzene rings is 1. The van der Waals surface area contributed by atoms with E-state index in [-0.39, 0.29) is 0 Å². The van der Waals surface area contributed by atoms with Crippen LogP contribution in [0, 0.1) is 11.6 Å². The van der Waals surface area contributed by atoms with Crippen LogP contribution in [0.1, 0.15) is 0 Å². The quantitative estimate of drug-likeness (QED) is 0.673. The second kappa shape index (κ2) is 5.29. The Bertz CT molecular complexity index is 351. The molecule has 0 amide bonds. The van der Waals surface area contributed by atoms with Gasteiger partial charge in [0, 0.05) is 24.8 Å². The zero-order chi connectivity index (χ0) is 11.3. The van der Waals surface area contributed by atoms with Crippen molar-refractivity contribution in [3.63, 3.8) is 0 Å². The lowest BCUT2D eigenvalue weighted by Crippen LogP contribution is -2.23. The highest BCUT2D eigenvalue weighted by Gasteiger charge is 2.07. The van der Waals surface area contributed by atoms with Gasteiger partial charge in [0.25, 0.3) is 0 Å². The average Bonchev–Trinajstić information content (AvgIpc) is 2.22. The van der Waals surface area contributed by atoms with Crippen LogP contribution < -0.4 is 4.90 Å². The summed E-state index contributed by atoms with van der Waals surface area (Å²) >= 11 is 0. The molecule has 1 aromatic carbocycles. The van der Waals surface area contributed by atoms with Crippen LogP contribution in [-0.4, -0.2) is 13.1 Å². The molecule has 0 fully saturated rings. The minimum absolute atomic E-state index is 0.567. The first-order valence-electron chi connectivity index (χ1n) is 4.61. The van der Waals surface area contributed by atoms with Gasteiger partial charge in [-0.15, -0.1) is 13.2 Å². The second-order valence-corrected chi connectivity index (χ2v) is 3.08. The molecule has 0 unspecified atom stereocenters. The molecule has 1 aromatic rings. The van der Waals surface area contributed by atoms with E-state index in [4.69, 9.17) is 0 Å². The first-order valence-corrected chi connectivity index (χ1v) is 4.61. The van der Waals surface area contributed by atoms with Crippen LogP contribution in [0.3, 0.4) is 0 Å². The molecule has 0 saturated carbocycles. The van der Waals surface area contributed by atoms with E-state index in [9.17, 15) is 8.78 Å². The Balaban J connectivity index is 2.94. The van der Waals surface area contributed by atoms with Gasteiger partial charge in [-0.3, -0.25) is 0 Å². The van der Waals surface area contributed by atoms with Crippen molar-refractivity contribution in [1.82, 2.24) is 0 Å². The molecule has 0 bridgehead atoms. The van der Waals surface area contributed by atoms with Crippen LogP contribution in [-0.2, 0) is 0 Å². The number of halogens is 2. The van der Waals surface area contributed by atoms with Crippen LogP contribution >= 0.6 is 0 Å². The van der Waals surface area contributed by atoms with Crippen molar-refractivity contribution < 1.29 is 8.78 Å². The minimum atomic E-state index is -0.842. The predicted molar refractivity (Wildman–Crippen MR) is 59.0 cm³/mol. The van der Waals surface area contributed by atoms with E-state index in [0.717, 1.165) is 6.07 Å². The monoisotopic (exact) mass is 209 g/mol. The van der Waals surface area contributed by atoms with Crippen molar-refractivity contribution in [2.24, 2.45) is 0 Å². The fourth-order valence-corrected chi connectivity index (χ4v) is 1.28. The van der Waals surface area contributed by atoms with Gasteiger partial charge in [0.05, 0.1) is 0 Å². The molecular formula is C12H13F2N. The predicted octanol–water partition coefficient (Wildman–Crippen LogP) is 3.14. The van der Waals surface area contributed by atoms with E-state index in [1.54, 1.807) is 12.2 Å². The number of anilines is 1. The van der Waals surface area contributed by atoms with Crippen molar-refractivity contribution in [3.05, 3.63) is 55.1 Å². The van der Waals surface area contributed by atoms with Gasteiger partial charge in [-0.2, -0.15) is 0 Å². The van der Waals surface area contributed by atoms with Crippen molar-refractivity contribution >= 4 is 5.69 Å². The lowest BCUT2D eigenvalue weighted by molar-refractivity contribution is 0.508. The Kier molecular flexibility index (Phi) is 4.03. The van der Waals surface area contributed by atoms with Gasteiger partial charge in [-0.25, -0.2) is 8.78 Å². The first-order chi connectivity index (χ1) is 7.19. The molecule has 15 heavy (non-hydrogen) atoms. The summed E-state index contributed by atoms with van der Waals surface area (Å²) in [7, 11) is 0. The van der Waals surface area contributed by atoms with E-state index < -0.39 is 11.6 Å². The molecule has 0 aliphatic rings. The molecule has 0 spiro atoms. The third-order valence-electron chi connectivity index (χ3n) is 1.97. The molecule has 80 valence electrons. The van der Waals surface area contributed by atoms with Gasteiger partial charge in [0.1, 0.15) is 0 Å². The Morgan fingerprint density at radius 1 is 1.07 bits per heavy atom. The molecule has 0 radical (unpaired) electrons. The molecule has 0 heterocycles. The summed E-state index contributed by atoms with van der Waals surface area (Å²) in [4.78, 5) is 1.84. The topological polar surface area (TPSA) is 3.24 Å². The zero-order valence-corrected chi connectivity index (χ0v) is 8.42. The fraction of sp³-hybridized carbons (Fsp3) is 0.167. The summed E-state index contributed by atoms with van der Waals surface area (Å²) in [6, 6.07) is 3.82. The average molecular weight is 209 g/mol. The van der Waals surface area contributed by atoms with Gasteiger partial charge in [-0.05, 0) is 12.1 Å². The number of nitrogens with zero attached hydrogens (tertiary/aromatic N) is 1. The largest absolute Gasteiger partial charge is 0.364 e. The number of rotatable bonds is 5. The summed E-state index contributed by atoms with van der Waals surface area (Å²) in [5, 5.41) is 0. The third kappa shape index (κ3) is 2.91. The van der Waals surface area contributed by atoms with E-state index in [1.165, 1.54) is 12.1 Å². The Morgan fingerprint density at radius 2 is 1.67 bits per heavy atom. The summed E-state index contributed by atoms with van der Waals surface area (Å²) in [6.45, 7) is 8.34. The Morgan fingerprint density at radius 3 is 2.13 bits per heavy atom. The van der Waals surface area contributed by atoms with Crippen LogP contribution in [0.15, 0.2) is 43.5 Å². The van der Waals surface area contributed by atoms with Crippen molar-refractivity contribution in [1.29, 1.82) is 0 Å².